The van der Waals surface area contributed by atoms with Crippen LogP contribution in [0.15, 0.2) is 53.3 Å². The molecule has 1 atom stereocenters. The zero-order valence-corrected chi connectivity index (χ0v) is 17.8. The predicted molar refractivity (Wildman–Crippen MR) is 120 cm³/mol. The van der Waals surface area contributed by atoms with E-state index in [2.05, 4.69) is 41.1 Å². The average molecular weight is 402 g/mol. The number of hydrogen-bond donors (Lipinski definition) is 1. The van der Waals surface area contributed by atoms with E-state index in [9.17, 15) is 9.59 Å². The minimum atomic E-state index is -0.686. The van der Waals surface area contributed by atoms with Crippen LogP contribution in [0.2, 0.25) is 0 Å². The molecule has 0 radical (unpaired) electrons. The number of rotatable bonds is 5. The Morgan fingerprint density at radius 1 is 1.03 bits per heavy atom. The van der Waals surface area contributed by atoms with E-state index in [4.69, 9.17) is 0 Å². The van der Waals surface area contributed by atoms with Gasteiger partial charge < -0.3 is 9.88 Å². The van der Waals surface area contributed by atoms with Crippen LogP contribution in [0.4, 0.5) is 0 Å². The molecule has 6 nitrogen and oxygen atoms in total. The van der Waals surface area contributed by atoms with Crippen molar-refractivity contribution < 1.29 is 4.79 Å². The van der Waals surface area contributed by atoms with E-state index in [1.54, 1.807) is 13.0 Å². The van der Waals surface area contributed by atoms with Gasteiger partial charge in [-0.2, -0.15) is 5.10 Å². The van der Waals surface area contributed by atoms with E-state index in [0.29, 0.717) is 11.9 Å². The first-order valence-corrected chi connectivity index (χ1v) is 10.2. The van der Waals surface area contributed by atoms with Gasteiger partial charge in [-0.1, -0.05) is 36.4 Å². The van der Waals surface area contributed by atoms with Crippen molar-refractivity contribution in [3.05, 3.63) is 75.8 Å². The van der Waals surface area contributed by atoms with Crippen LogP contribution in [-0.2, 0) is 18.3 Å². The number of nitrogens with zero attached hydrogens (tertiary/aromatic N) is 3. The molecule has 0 aliphatic heterocycles. The second-order valence-electron chi connectivity index (χ2n) is 7.74. The number of nitrogens with one attached hydrogen (secondary N) is 1. The fraction of sp³-hybridized carbons (Fsp3) is 0.292. The Morgan fingerprint density at radius 3 is 2.40 bits per heavy atom. The molecule has 0 aliphatic carbocycles. The van der Waals surface area contributed by atoms with Gasteiger partial charge >= 0.3 is 0 Å². The average Bonchev–Trinajstić information content (AvgIpc) is 3.00. The second kappa shape index (κ2) is 7.78. The van der Waals surface area contributed by atoms with Crippen molar-refractivity contribution in [3.8, 4) is 0 Å². The molecule has 2 aromatic heterocycles. The van der Waals surface area contributed by atoms with Crippen LogP contribution in [0.1, 0.15) is 29.9 Å². The maximum absolute atomic E-state index is 12.8. The van der Waals surface area contributed by atoms with E-state index in [1.165, 1.54) is 26.8 Å². The van der Waals surface area contributed by atoms with Crippen LogP contribution in [0.5, 0.6) is 0 Å². The molecule has 0 bridgehead atoms. The smallest absolute Gasteiger partial charge is 0.275 e. The van der Waals surface area contributed by atoms with Crippen molar-refractivity contribution in [2.75, 3.05) is 6.54 Å². The highest BCUT2D eigenvalue weighted by Gasteiger charge is 2.20. The molecule has 2 heterocycles. The standard InChI is InChI=1S/C24H26N4O2/c1-15-18-9-5-6-11-21(18)24(30)28(26-15)17(3)23(29)25-14-13-19-16(2)27(4)22-12-8-7-10-20(19)22/h5-12,17H,13-14H2,1-4H3,(H,25,29). The molecule has 1 N–H and O–H groups in total. The molecular weight excluding hydrogens is 376 g/mol. The fourth-order valence-electron chi connectivity index (χ4n) is 4.12. The SMILES string of the molecule is Cc1nn(C(C)C(=O)NCCc2c(C)n(C)c3ccccc23)c(=O)c2ccccc12. The lowest BCUT2D eigenvalue weighted by Crippen LogP contribution is -2.38. The molecule has 0 saturated heterocycles. The Labute approximate surface area is 175 Å². The quantitative estimate of drug-likeness (QED) is 0.556. The van der Waals surface area contributed by atoms with Gasteiger partial charge in [-0.05, 0) is 44.9 Å². The lowest BCUT2D eigenvalue weighted by Gasteiger charge is -2.16. The van der Waals surface area contributed by atoms with Crippen molar-refractivity contribution in [2.24, 2.45) is 7.05 Å². The van der Waals surface area contributed by atoms with E-state index in [0.717, 1.165) is 17.5 Å². The number of carbonyl (C=O) groups excluding carboxylic acids is 1. The third-order valence-electron chi connectivity index (χ3n) is 5.96. The van der Waals surface area contributed by atoms with Gasteiger partial charge in [0.25, 0.3) is 5.56 Å². The van der Waals surface area contributed by atoms with E-state index in [1.807, 2.05) is 37.3 Å². The van der Waals surface area contributed by atoms with Crippen LogP contribution in [0.3, 0.4) is 0 Å². The van der Waals surface area contributed by atoms with Crippen molar-refractivity contribution in [2.45, 2.75) is 33.2 Å². The summed E-state index contributed by atoms with van der Waals surface area (Å²) in [5, 5.41) is 9.97. The molecule has 30 heavy (non-hydrogen) atoms. The largest absolute Gasteiger partial charge is 0.354 e. The van der Waals surface area contributed by atoms with Crippen LogP contribution in [-0.4, -0.2) is 26.8 Å². The maximum Gasteiger partial charge on any atom is 0.275 e. The summed E-state index contributed by atoms with van der Waals surface area (Å²) >= 11 is 0. The zero-order valence-electron chi connectivity index (χ0n) is 17.8. The topological polar surface area (TPSA) is 68.9 Å². The third-order valence-corrected chi connectivity index (χ3v) is 5.96. The van der Waals surface area contributed by atoms with E-state index in [-0.39, 0.29) is 11.5 Å². The second-order valence-corrected chi connectivity index (χ2v) is 7.74. The molecular formula is C24H26N4O2. The predicted octanol–water partition coefficient (Wildman–Crippen LogP) is 3.42. The Kier molecular flexibility index (Phi) is 5.16. The van der Waals surface area contributed by atoms with Crippen molar-refractivity contribution in [1.29, 1.82) is 0 Å². The molecule has 6 heteroatoms. The molecule has 1 unspecified atom stereocenters. The number of aryl methyl sites for hydroxylation is 2. The van der Waals surface area contributed by atoms with Crippen LogP contribution in [0, 0.1) is 13.8 Å². The third kappa shape index (κ3) is 3.28. The summed E-state index contributed by atoms with van der Waals surface area (Å²) in [6.07, 6.45) is 0.727. The van der Waals surface area contributed by atoms with Gasteiger partial charge in [-0.15, -0.1) is 0 Å². The summed E-state index contributed by atoms with van der Waals surface area (Å²) in [5.41, 5.74) is 4.10. The first kappa shape index (κ1) is 19.9. The number of fused-ring (bicyclic) bond motifs is 2. The summed E-state index contributed by atoms with van der Waals surface area (Å²) in [5.74, 6) is -0.211. The van der Waals surface area contributed by atoms with E-state index >= 15 is 0 Å². The lowest BCUT2D eigenvalue weighted by atomic mass is 10.1. The van der Waals surface area contributed by atoms with Crippen LogP contribution >= 0.6 is 0 Å². The first-order chi connectivity index (χ1) is 14.4. The Bertz CT molecular complexity index is 1320. The highest BCUT2D eigenvalue weighted by atomic mass is 16.2. The minimum absolute atomic E-state index is 0.211. The molecule has 0 aliphatic rings. The fourth-order valence-corrected chi connectivity index (χ4v) is 4.12. The summed E-state index contributed by atoms with van der Waals surface area (Å²) in [6, 6.07) is 15.0. The molecule has 154 valence electrons. The number of aromatic nitrogens is 3. The molecule has 0 saturated carbocycles. The molecule has 1 amide bonds. The summed E-state index contributed by atoms with van der Waals surface area (Å²) in [4.78, 5) is 25.6. The van der Waals surface area contributed by atoms with Crippen molar-refractivity contribution >= 4 is 27.6 Å². The van der Waals surface area contributed by atoms with Gasteiger partial charge in [0.2, 0.25) is 5.91 Å². The number of para-hydroxylation sites is 1. The van der Waals surface area contributed by atoms with Crippen LogP contribution in [0.25, 0.3) is 21.7 Å². The highest BCUT2D eigenvalue weighted by molar-refractivity contribution is 5.86. The van der Waals surface area contributed by atoms with Crippen molar-refractivity contribution in [1.82, 2.24) is 19.7 Å². The van der Waals surface area contributed by atoms with Gasteiger partial charge in [-0.25, -0.2) is 4.68 Å². The van der Waals surface area contributed by atoms with Crippen LogP contribution < -0.4 is 10.9 Å². The number of benzene rings is 2. The number of amides is 1. The Morgan fingerprint density at radius 2 is 1.67 bits per heavy atom. The lowest BCUT2D eigenvalue weighted by molar-refractivity contribution is -0.124. The summed E-state index contributed by atoms with van der Waals surface area (Å²) in [6.45, 7) is 6.16. The first-order valence-electron chi connectivity index (χ1n) is 10.2. The van der Waals surface area contributed by atoms with Gasteiger partial charge in [0.15, 0.2) is 0 Å². The Hall–Kier alpha value is -3.41. The molecule has 0 spiro atoms. The molecule has 0 fully saturated rings. The molecule has 4 aromatic rings. The summed E-state index contributed by atoms with van der Waals surface area (Å²) in [7, 11) is 2.06. The van der Waals surface area contributed by atoms with Gasteiger partial charge in [0, 0.05) is 35.6 Å². The highest BCUT2D eigenvalue weighted by Crippen LogP contribution is 2.25. The van der Waals surface area contributed by atoms with Gasteiger partial charge in [0.1, 0.15) is 6.04 Å². The van der Waals surface area contributed by atoms with Gasteiger partial charge in [0.05, 0.1) is 11.1 Å². The normalized spacial score (nSPS) is 12.4. The number of carbonyl (C=O) groups is 1. The number of hydrogen-bond acceptors (Lipinski definition) is 3. The van der Waals surface area contributed by atoms with Gasteiger partial charge in [-0.3, -0.25) is 9.59 Å². The van der Waals surface area contributed by atoms with Crippen molar-refractivity contribution in [3.63, 3.8) is 0 Å². The Balaban J connectivity index is 1.52. The minimum Gasteiger partial charge on any atom is -0.354 e. The van der Waals surface area contributed by atoms with E-state index < -0.39 is 6.04 Å². The molecule has 4 rings (SSSR count). The molecule has 2 aromatic carbocycles. The maximum atomic E-state index is 12.8. The summed E-state index contributed by atoms with van der Waals surface area (Å²) < 4.78 is 3.46. The zero-order chi connectivity index (χ0) is 21.4. The monoisotopic (exact) mass is 402 g/mol.